The molecule has 0 N–H and O–H groups in total. The van der Waals surface area contributed by atoms with Crippen molar-refractivity contribution in [3.63, 3.8) is 0 Å². The maximum Gasteiger partial charge on any atom is 0.348 e. The van der Waals surface area contributed by atoms with Gasteiger partial charge in [0.1, 0.15) is 29.8 Å². The van der Waals surface area contributed by atoms with Gasteiger partial charge in [-0.25, -0.2) is 9.18 Å². The van der Waals surface area contributed by atoms with E-state index in [9.17, 15) is 9.18 Å². The second kappa shape index (κ2) is 8.49. The summed E-state index contributed by atoms with van der Waals surface area (Å²) in [6.07, 6.45) is 1.46. The van der Waals surface area contributed by atoms with Crippen LogP contribution in [-0.4, -0.2) is 12.6 Å². The number of nitrogens with zero attached hydrogens (tertiary/aromatic N) is 1. The SMILES string of the molecule is CCOC(=O)/C(C#N)=C/c1ccc(OCc2ccc(F)cc2)cc1. The first kappa shape index (κ1) is 17.2. The van der Waals surface area contributed by atoms with Crippen LogP contribution in [0.5, 0.6) is 5.75 Å². The summed E-state index contributed by atoms with van der Waals surface area (Å²) in [6, 6.07) is 14.8. The lowest BCUT2D eigenvalue weighted by Crippen LogP contribution is -2.05. The fourth-order valence-corrected chi connectivity index (χ4v) is 1.92. The third-order valence-electron chi connectivity index (χ3n) is 3.13. The van der Waals surface area contributed by atoms with Gasteiger partial charge < -0.3 is 9.47 Å². The Morgan fingerprint density at radius 1 is 1.17 bits per heavy atom. The van der Waals surface area contributed by atoms with Crippen LogP contribution in [0.1, 0.15) is 18.1 Å². The van der Waals surface area contributed by atoms with E-state index in [4.69, 9.17) is 14.7 Å². The molecule has 4 nitrogen and oxygen atoms in total. The minimum atomic E-state index is -0.642. The molecule has 0 spiro atoms. The molecular weight excluding hydrogens is 309 g/mol. The van der Waals surface area contributed by atoms with Gasteiger partial charge in [0.15, 0.2) is 0 Å². The van der Waals surface area contributed by atoms with Crippen LogP contribution >= 0.6 is 0 Å². The molecule has 24 heavy (non-hydrogen) atoms. The maximum absolute atomic E-state index is 12.8. The topological polar surface area (TPSA) is 59.3 Å². The van der Waals surface area contributed by atoms with Gasteiger partial charge in [0.2, 0.25) is 0 Å². The summed E-state index contributed by atoms with van der Waals surface area (Å²) >= 11 is 0. The first-order chi connectivity index (χ1) is 11.6. The van der Waals surface area contributed by atoms with Crippen molar-refractivity contribution < 1.29 is 18.7 Å². The van der Waals surface area contributed by atoms with Gasteiger partial charge in [-0.3, -0.25) is 0 Å². The highest BCUT2D eigenvalue weighted by Gasteiger charge is 2.09. The first-order valence-electron chi connectivity index (χ1n) is 7.38. The first-order valence-corrected chi connectivity index (χ1v) is 7.38. The summed E-state index contributed by atoms with van der Waals surface area (Å²) in [6.45, 7) is 2.22. The van der Waals surface area contributed by atoms with Crippen molar-refractivity contribution in [2.24, 2.45) is 0 Å². The van der Waals surface area contributed by atoms with Crippen LogP contribution in [0.15, 0.2) is 54.1 Å². The fourth-order valence-electron chi connectivity index (χ4n) is 1.92. The van der Waals surface area contributed by atoms with Gasteiger partial charge in [-0.2, -0.15) is 5.26 Å². The number of halogens is 1. The van der Waals surface area contributed by atoms with Crippen molar-refractivity contribution in [3.8, 4) is 11.8 Å². The zero-order chi connectivity index (χ0) is 17.4. The fraction of sp³-hybridized carbons (Fsp3) is 0.158. The third kappa shape index (κ3) is 4.96. The number of hydrogen-bond donors (Lipinski definition) is 0. The summed E-state index contributed by atoms with van der Waals surface area (Å²) in [4.78, 5) is 11.6. The summed E-state index contributed by atoms with van der Waals surface area (Å²) in [5.74, 6) is -0.299. The lowest BCUT2D eigenvalue weighted by molar-refractivity contribution is -0.137. The second-order valence-electron chi connectivity index (χ2n) is 4.87. The lowest BCUT2D eigenvalue weighted by Gasteiger charge is -2.06. The zero-order valence-corrected chi connectivity index (χ0v) is 13.2. The lowest BCUT2D eigenvalue weighted by atomic mass is 10.1. The molecule has 0 bridgehead atoms. The Morgan fingerprint density at radius 3 is 2.42 bits per heavy atom. The van der Waals surface area contributed by atoms with E-state index in [1.54, 1.807) is 43.3 Å². The Labute approximate surface area is 139 Å². The van der Waals surface area contributed by atoms with Gasteiger partial charge in [-0.05, 0) is 48.4 Å². The quantitative estimate of drug-likeness (QED) is 0.459. The Hall–Kier alpha value is -3.13. The summed E-state index contributed by atoms with van der Waals surface area (Å²) in [7, 11) is 0. The number of carbonyl (C=O) groups excluding carboxylic acids is 1. The standard InChI is InChI=1S/C19H16FNO3/c1-2-23-19(22)16(12-21)11-14-5-9-18(10-6-14)24-13-15-3-7-17(20)8-4-15/h3-11H,2,13H2,1H3/b16-11+. The third-order valence-corrected chi connectivity index (χ3v) is 3.13. The van der Waals surface area contributed by atoms with Crippen molar-refractivity contribution in [2.45, 2.75) is 13.5 Å². The van der Waals surface area contributed by atoms with Crippen LogP contribution in [0.3, 0.4) is 0 Å². The summed E-state index contributed by atoms with van der Waals surface area (Å²) < 4.78 is 23.2. The minimum absolute atomic E-state index is 0.0585. The van der Waals surface area contributed by atoms with E-state index < -0.39 is 5.97 Å². The number of nitriles is 1. The Bertz CT molecular complexity index is 759. The molecule has 0 saturated carbocycles. The smallest absolute Gasteiger partial charge is 0.348 e. The van der Waals surface area contributed by atoms with Gasteiger partial charge in [0.05, 0.1) is 6.61 Å². The number of benzene rings is 2. The van der Waals surface area contributed by atoms with Crippen molar-refractivity contribution >= 4 is 12.0 Å². The van der Waals surface area contributed by atoms with Gasteiger partial charge in [0.25, 0.3) is 0 Å². The van der Waals surface area contributed by atoms with Crippen LogP contribution in [0.25, 0.3) is 6.08 Å². The molecule has 122 valence electrons. The molecule has 0 aromatic heterocycles. The molecule has 0 aliphatic carbocycles. The molecule has 2 aromatic rings. The second-order valence-corrected chi connectivity index (χ2v) is 4.87. The zero-order valence-electron chi connectivity index (χ0n) is 13.2. The molecule has 0 atom stereocenters. The molecule has 0 fully saturated rings. The summed E-state index contributed by atoms with van der Waals surface area (Å²) in [5, 5.41) is 9.00. The van der Waals surface area contributed by atoms with Crippen LogP contribution in [0.4, 0.5) is 4.39 Å². The minimum Gasteiger partial charge on any atom is -0.489 e. The van der Waals surface area contributed by atoms with E-state index in [-0.39, 0.29) is 18.0 Å². The van der Waals surface area contributed by atoms with Crippen molar-refractivity contribution in [1.29, 1.82) is 5.26 Å². The molecule has 2 rings (SSSR count). The summed E-state index contributed by atoms with van der Waals surface area (Å²) in [5.41, 5.74) is 1.49. The van der Waals surface area contributed by atoms with E-state index >= 15 is 0 Å². The predicted molar refractivity (Wildman–Crippen MR) is 87.4 cm³/mol. The van der Waals surface area contributed by atoms with E-state index in [0.717, 1.165) is 5.56 Å². The monoisotopic (exact) mass is 325 g/mol. The number of esters is 1. The highest BCUT2D eigenvalue weighted by Crippen LogP contribution is 2.16. The van der Waals surface area contributed by atoms with Crippen LogP contribution in [0, 0.1) is 17.1 Å². The average Bonchev–Trinajstić information content (AvgIpc) is 2.60. The molecule has 0 radical (unpaired) electrons. The number of rotatable bonds is 6. The highest BCUT2D eigenvalue weighted by molar-refractivity contribution is 5.97. The van der Waals surface area contributed by atoms with Gasteiger partial charge in [-0.1, -0.05) is 24.3 Å². The van der Waals surface area contributed by atoms with Crippen molar-refractivity contribution in [2.75, 3.05) is 6.61 Å². The maximum atomic E-state index is 12.8. The number of hydrogen-bond acceptors (Lipinski definition) is 4. The Kier molecular flexibility index (Phi) is 6.09. The normalized spacial score (nSPS) is 10.8. The van der Waals surface area contributed by atoms with Gasteiger partial charge in [-0.15, -0.1) is 0 Å². The Balaban J connectivity index is 2.01. The molecule has 0 unspecified atom stereocenters. The van der Waals surface area contributed by atoms with E-state index in [1.165, 1.54) is 18.2 Å². The molecule has 0 heterocycles. The molecule has 0 aliphatic heterocycles. The largest absolute Gasteiger partial charge is 0.489 e. The Morgan fingerprint density at radius 2 is 1.83 bits per heavy atom. The molecule has 0 amide bonds. The molecule has 0 aliphatic rings. The van der Waals surface area contributed by atoms with E-state index in [1.807, 2.05) is 6.07 Å². The van der Waals surface area contributed by atoms with Crippen LogP contribution in [0.2, 0.25) is 0 Å². The highest BCUT2D eigenvalue weighted by atomic mass is 19.1. The van der Waals surface area contributed by atoms with Crippen LogP contribution in [-0.2, 0) is 16.1 Å². The van der Waals surface area contributed by atoms with Crippen molar-refractivity contribution in [1.82, 2.24) is 0 Å². The van der Waals surface area contributed by atoms with E-state index in [0.29, 0.717) is 17.9 Å². The molecule has 0 saturated heterocycles. The molecule has 5 heteroatoms. The van der Waals surface area contributed by atoms with Crippen LogP contribution < -0.4 is 4.74 Å². The molecular formula is C19H16FNO3. The molecule has 2 aromatic carbocycles. The predicted octanol–water partition coefficient (Wildman–Crippen LogP) is 3.87. The number of carbonyl (C=O) groups is 1. The van der Waals surface area contributed by atoms with Crippen molar-refractivity contribution in [3.05, 3.63) is 71.0 Å². The average molecular weight is 325 g/mol. The van der Waals surface area contributed by atoms with E-state index in [2.05, 4.69) is 0 Å². The number of ether oxygens (including phenoxy) is 2. The van der Waals surface area contributed by atoms with Gasteiger partial charge >= 0.3 is 5.97 Å². The van der Waals surface area contributed by atoms with Gasteiger partial charge in [0, 0.05) is 0 Å².